The second-order valence-corrected chi connectivity index (χ2v) is 4.86. The third-order valence-corrected chi connectivity index (χ3v) is 3.53. The van der Waals surface area contributed by atoms with Crippen molar-refractivity contribution in [1.82, 2.24) is 10.2 Å². The number of H-pyrrole nitrogens is 1. The number of nitrogens with two attached hydrogens (primary N) is 1. The van der Waals surface area contributed by atoms with Crippen LogP contribution in [0.15, 0.2) is 16.6 Å². The van der Waals surface area contributed by atoms with E-state index in [1.54, 1.807) is 0 Å². The lowest BCUT2D eigenvalue weighted by atomic mass is 10.0. The number of aromatic nitrogens is 2. The van der Waals surface area contributed by atoms with E-state index < -0.39 is 0 Å². The van der Waals surface area contributed by atoms with Crippen molar-refractivity contribution in [3.8, 4) is 22.8 Å². The monoisotopic (exact) mass is 309 g/mol. The zero-order valence-electron chi connectivity index (χ0n) is 9.79. The van der Waals surface area contributed by atoms with Crippen LogP contribution in [0.1, 0.15) is 12.5 Å². The second-order valence-electron chi connectivity index (χ2n) is 4.01. The van der Waals surface area contributed by atoms with E-state index in [4.69, 9.17) is 15.2 Å². The third kappa shape index (κ3) is 1.64. The summed E-state index contributed by atoms with van der Waals surface area (Å²) in [6.07, 6.45) is 0.841. The topological polar surface area (TPSA) is 73.2 Å². The van der Waals surface area contributed by atoms with Gasteiger partial charge < -0.3 is 15.2 Å². The molecule has 3 rings (SSSR count). The van der Waals surface area contributed by atoms with Crippen LogP contribution >= 0.6 is 15.9 Å². The van der Waals surface area contributed by atoms with Crippen LogP contribution in [0.2, 0.25) is 0 Å². The van der Waals surface area contributed by atoms with Crippen molar-refractivity contribution in [2.45, 2.75) is 13.3 Å². The smallest absolute Gasteiger partial charge is 0.231 e. The zero-order chi connectivity index (χ0) is 12.7. The first-order chi connectivity index (χ1) is 8.70. The van der Waals surface area contributed by atoms with E-state index in [9.17, 15) is 0 Å². The molecule has 1 aromatic heterocycles. The van der Waals surface area contributed by atoms with Gasteiger partial charge in [0, 0.05) is 17.2 Å². The summed E-state index contributed by atoms with van der Waals surface area (Å²) in [5, 5.41) is 6.88. The number of anilines is 1. The quantitative estimate of drug-likeness (QED) is 0.894. The lowest BCUT2D eigenvalue weighted by molar-refractivity contribution is 0.173. The van der Waals surface area contributed by atoms with Crippen molar-refractivity contribution in [1.29, 1.82) is 0 Å². The lowest BCUT2D eigenvalue weighted by Gasteiger charge is -2.10. The van der Waals surface area contributed by atoms with Gasteiger partial charge in [-0.25, -0.2) is 0 Å². The van der Waals surface area contributed by atoms with E-state index in [0.717, 1.165) is 39.2 Å². The van der Waals surface area contributed by atoms with E-state index in [1.807, 2.05) is 12.1 Å². The Morgan fingerprint density at radius 1 is 1.39 bits per heavy atom. The molecule has 0 atom stereocenters. The van der Waals surface area contributed by atoms with Crippen molar-refractivity contribution in [2.75, 3.05) is 12.5 Å². The van der Waals surface area contributed by atoms with Crippen molar-refractivity contribution in [2.24, 2.45) is 0 Å². The van der Waals surface area contributed by atoms with Crippen LogP contribution in [0.25, 0.3) is 11.3 Å². The summed E-state index contributed by atoms with van der Waals surface area (Å²) < 4.78 is 11.9. The number of fused-ring (bicyclic) bond motifs is 1. The van der Waals surface area contributed by atoms with Gasteiger partial charge in [-0.1, -0.05) is 6.92 Å². The Morgan fingerprint density at radius 3 is 2.83 bits per heavy atom. The van der Waals surface area contributed by atoms with Crippen molar-refractivity contribution in [3.05, 3.63) is 22.2 Å². The molecular weight excluding hydrogens is 298 g/mol. The fourth-order valence-corrected chi connectivity index (χ4v) is 2.67. The van der Waals surface area contributed by atoms with E-state index in [0.29, 0.717) is 5.82 Å². The van der Waals surface area contributed by atoms with Crippen molar-refractivity contribution < 1.29 is 9.47 Å². The average Bonchev–Trinajstić information content (AvgIpc) is 2.97. The maximum atomic E-state index is 5.65. The number of hydrogen-bond acceptors (Lipinski definition) is 4. The molecule has 0 bridgehead atoms. The van der Waals surface area contributed by atoms with Crippen LogP contribution in [0.3, 0.4) is 0 Å². The highest BCUT2D eigenvalue weighted by molar-refractivity contribution is 9.10. The van der Waals surface area contributed by atoms with E-state index in [1.165, 1.54) is 0 Å². The summed E-state index contributed by atoms with van der Waals surface area (Å²) >= 11 is 3.50. The Hall–Kier alpha value is -1.69. The molecule has 0 amide bonds. The Labute approximate surface area is 112 Å². The molecule has 0 saturated heterocycles. The van der Waals surface area contributed by atoms with Gasteiger partial charge in [-0.3, -0.25) is 5.10 Å². The summed E-state index contributed by atoms with van der Waals surface area (Å²) in [7, 11) is 0. The number of hydrogen-bond donors (Lipinski definition) is 2. The van der Waals surface area contributed by atoms with Gasteiger partial charge in [0.1, 0.15) is 5.82 Å². The molecule has 2 aromatic rings. The molecule has 1 aliphatic heterocycles. The molecule has 18 heavy (non-hydrogen) atoms. The minimum absolute atomic E-state index is 0.259. The number of benzene rings is 1. The molecule has 3 N–H and O–H groups in total. The highest BCUT2D eigenvalue weighted by Gasteiger charge is 2.24. The fraction of sp³-hybridized carbons (Fsp3) is 0.250. The third-order valence-electron chi connectivity index (χ3n) is 2.94. The van der Waals surface area contributed by atoms with E-state index in [2.05, 4.69) is 33.1 Å². The highest BCUT2D eigenvalue weighted by atomic mass is 79.9. The zero-order valence-corrected chi connectivity index (χ0v) is 11.4. The number of ether oxygens (including phenoxy) is 2. The summed E-state index contributed by atoms with van der Waals surface area (Å²) in [5.41, 5.74) is 8.64. The minimum atomic E-state index is 0.259. The van der Waals surface area contributed by atoms with Gasteiger partial charge in [0.2, 0.25) is 6.79 Å². The Bertz CT molecular complexity index is 610. The Kier molecular flexibility index (Phi) is 2.66. The summed E-state index contributed by atoms with van der Waals surface area (Å²) in [5.74, 6) is 2.04. The van der Waals surface area contributed by atoms with E-state index >= 15 is 0 Å². The first-order valence-corrected chi connectivity index (χ1v) is 6.42. The molecule has 1 aliphatic rings. The maximum Gasteiger partial charge on any atom is 0.231 e. The standard InChI is InChI=1S/C12H12BrN3O2/c1-2-6-7(9-4-10(14)16-15-9)3-8(13)12-11(6)17-5-18-12/h3-4H,2,5H2,1H3,(H3,14,15,16). The van der Waals surface area contributed by atoms with Gasteiger partial charge in [0.15, 0.2) is 11.5 Å². The molecule has 0 radical (unpaired) electrons. The van der Waals surface area contributed by atoms with Crippen molar-refractivity contribution in [3.63, 3.8) is 0 Å². The van der Waals surface area contributed by atoms with E-state index in [-0.39, 0.29) is 6.79 Å². The number of nitrogens with zero attached hydrogens (tertiary/aromatic N) is 1. The van der Waals surface area contributed by atoms with Gasteiger partial charge in [-0.05, 0) is 28.4 Å². The van der Waals surface area contributed by atoms with Crippen LogP contribution in [-0.2, 0) is 6.42 Å². The minimum Gasteiger partial charge on any atom is -0.453 e. The SMILES string of the molecule is CCc1c(-c2cc(N)n[nH]2)cc(Br)c2c1OCO2. The van der Waals surface area contributed by atoms with Crippen molar-refractivity contribution >= 4 is 21.7 Å². The molecule has 1 aromatic carbocycles. The Balaban J connectivity index is 2.23. The molecule has 6 heteroatoms. The number of nitrogens with one attached hydrogen (secondary N) is 1. The first kappa shape index (κ1) is 11.4. The van der Waals surface area contributed by atoms with Crippen LogP contribution in [0.4, 0.5) is 5.82 Å². The van der Waals surface area contributed by atoms with Crippen LogP contribution < -0.4 is 15.2 Å². The second kappa shape index (κ2) is 4.20. The van der Waals surface area contributed by atoms with Gasteiger partial charge in [-0.15, -0.1) is 0 Å². The first-order valence-electron chi connectivity index (χ1n) is 5.63. The summed E-state index contributed by atoms with van der Waals surface area (Å²) in [6, 6.07) is 3.81. The van der Waals surface area contributed by atoms with Gasteiger partial charge in [-0.2, -0.15) is 5.10 Å². The largest absolute Gasteiger partial charge is 0.453 e. The molecule has 5 nitrogen and oxygen atoms in total. The van der Waals surface area contributed by atoms with Crippen LogP contribution in [0, 0.1) is 0 Å². The number of rotatable bonds is 2. The molecule has 94 valence electrons. The molecular formula is C12H12BrN3O2. The number of nitrogen functional groups attached to an aromatic ring is 1. The highest BCUT2D eigenvalue weighted by Crippen LogP contribution is 2.46. The molecule has 0 aliphatic carbocycles. The maximum absolute atomic E-state index is 5.65. The molecule has 2 heterocycles. The lowest BCUT2D eigenvalue weighted by Crippen LogP contribution is -1.95. The number of aromatic amines is 1. The Morgan fingerprint density at radius 2 is 2.17 bits per heavy atom. The average molecular weight is 310 g/mol. The predicted molar refractivity (Wildman–Crippen MR) is 71.6 cm³/mol. The van der Waals surface area contributed by atoms with Gasteiger partial charge in [0.25, 0.3) is 0 Å². The number of halogens is 1. The molecule has 0 saturated carbocycles. The predicted octanol–water partition coefficient (Wildman–Crippen LogP) is 2.71. The summed E-state index contributed by atoms with van der Waals surface area (Å²) in [6.45, 7) is 2.34. The fourth-order valence-electron chi connectivity index (χ4n) is 2.15. The normalized spacial score (nSPS) is 13.0. The van der Waals surface area contributed by atoms with Gasteiger partial charge in [0.05, 0.1) is 10.2 Å². The van der Waals surface area contributed by atoms with Gasteiger partial charge >= 0.3 is 0 Å². The molecule has 0 spiro atoms. The van der Waals surface area contributed by atoms with Crippen LogP contribution in [0.5, 0.6) is 11.5 Å². The molecule has 0 fully saturated rings. The summed E-state index contributed by atoms with van der Waals surface area (Å²) in [4.78, 5) is 0. The molecule has 0 unspecified atom stereocenters. The van der Waals surface area contributed by atoms with Crippen LogP contribution in [-0.4, -0.2) is 17.0 Å².